The van der Waals surface area contributed by atoms with Crippen molar-refractivity contribution in [3.05, 3.63) is 0 Å². The van der Waals surface area contributed by atoms with Gasteiger partial charge in [-0.2, -0.15) is 0 Å². The maximum absolute atomic E-state index is 9.81. The Morgan fingerprint density at radius 2 is 2.24 bits per heavy atom. The van der Waals surface area contributed by atoms with Gasteiger partial charge in [0.05, 0.1) is 25.4 Å². The highest BCUT2D eigenvalue weighted by Gasteiger charge is 2.45. The molecule has 1 heterocycles. The fourth-order valence-corrected chi connectivity index (χ4v) is 2.91. The van der Waals surface area contributed by atoms with Crippen molar-refractivity contribution in [1.82, 2.24) is 10.2 Å². The summed E-state index contributed by atoms with van der Waals surface area (Å²) in [5, 5.41) is 13.4. The summed E-state index contributed by atoms with van der Waals surface area (Å²) >= 11 is 0. The van der Waals surface area contributed by atoms with E-state index in [1.807, 2.05) is 0 Å². The molecule has 0 aromatic carbocycles. The van der Waals surface area contributed by atoms with E-state index in [2.05, 4.69) is 24.1 Å². The van der Waals surface area contributed by atoms with Gasteiger partial charge in [0.15, 0.2) is 0 Å². The summed E-state index contributed by atoms with van der Waals surface area (Å²) in [6.45, 7) is 9.08. The van der Waals surface area contributed by atoms with Gasteiger partial charge in [0.2, 0.25) is 0 Å². The predicted octanol–water partition coefficient (Wildman–Crippen LogP) is 0.458. The van der Waals surface area contributed by atoms with Crippen molar-refractivity contribution in [3.8, 4) is 0 Å². The summed E-state index contributed by atoms with van der Waals surface area (Å²) in [5.41, 5.74) is -0.0830. The zero-order valence-electron chi connectivity index (χ0n) is 11.1. The molecule has 2 rings (SSSR count). The molecule has 4 heteroatoms. The normalized spacial score (nSPS) is 30.2. The van der Waals surface area contributed by atoms with Crippen molar-refractivity contribution in [1.29, 1.82) is 0 Å². The summed E-state index contributed by atoms with van der Waals surface area (Å²) in [6, 6.07) is 0.465. The molecule has 0 aromatic heterocycles. The van der Waals surface area contributed by atoms with Crippen LogP contribution in [0, 0.1) is 5.92 Å². The van der Waals surface area contributed by atoms with Crippen molar-refractivity contribution in [2.24, 2.45) is 5.92 Å². The lowest BCUT2D eigenvalue weighted by Gasteiger charge is -2.42. The van der Waals surface area contributed by atoms with E-state index in [1.54, 1.807) is 0 Å². The Morgan fingerprint density at radius 3 is 2.76 bits per heavy atom. The first-order valence-corrected chi connectivity index (χ1v) is 6.89. The first-order valence-electron chi connectivity index (χ1n) is 6.89. The molecule has 1 aliphatic carbocycles. The van der Waals surface area contributed by atoms with E-state index in [0.29, 0.717) is 12.0 Å². The summed E-state index contributed by atoms with van der Waals surface area (Å²) < 4.78 is 5.47. The van der Waals surface area contributed by atoms with Gasteiger partial charge >= 0.3 is 0 Å². The van der Waals surface area contributed by atoms with Gasteiger partial charge in [-0.05, 0) is 32.2 Å². The zero-order valence-corrected chi connectivity index (χ0v) is 11.1. The first kappa shape index (κ1) is 13.3. The largest absolute Gasteiger partial charge is 0.394 e. The van der Waals surface area contributed by atoms with E-state index in [1.165, 1.54) is 12.8 Å². The van der Waals surface area contributed by atoms with E-state index in [0.717, 1.165) is 32.8 Å². The molecule has 4 nitrogen and oxygen atoms in total. The van der Waals surface area contributed by atoms with Gasteiger partial charge in [-0.3, -0.25) is 4.90 Å². The van der Waals surface area contributed by atoms with Crippen LogP contribution in [-0.4, -0.2) is 61.0 Å². The second-order valence-electron chi connectivity index (χ2n) is 5.51. The highest BCUT2D eigenvalue weighted by molar-refractivity contribution is 5.03. The summed E-state index contributed by atoms with van der Waals surface area (Å²) in [5.74, 6) is 0.655. The number of ether oxygens (including phenoxy) is 1. The van der Waals surface area contributed by atoms with Crippen LogP contribution in [0.15, 0.2) is 0 Å². The topological polar surface area (TPSA) is 44.7 Å². The molecule has 2 aliphatic rings. The third-order valence-corrected chi connectivity index (χ3v) is 4.16. The molecule has 0 amide bonds. The third-order valence-electron chi connectivity index (χ3n) is 4.16. The van der Waals surface area contributed by atoms with Crippen LogP contribution in [0.5, 0.6) is 0 Å². The Kier molecular flexibility index (Phi) is 4.42. The standard InChI is InChI=1S/C13H26N2O2/c1-3-14-13(10-16,12-4-5-12)9-15-6-7-17-8-11(15)2/h11-12,14,16H,3-10H2,1-2H3. The quantitative estimate of drug-likeness (QED) is 0.710. The molecule has 1 saturated carbocycles. The van der Waals surface area contributed by atoms with Crippen molar-refractivity contribution in [3.63, 3.8) is 0 Å². The lowest BCUT2D eigenvalue weighted by Crippen LogP contribution is -2.61. The monoisotopic (exact) mass is 242 g/mol. The second kappa shape index (κ2) is 5.65. The molecule has 2 fully saturated rings. The first-order chi connectivity index (χ1) is 8.22. The number of hydrogen-bond donors (Lipinski definition) is 2. The van der Waals surface area contributed by atoms with Crippen LogP contribution in [0.25, 0.3) is 0 Å². The van der Waals surface area contributed by atoms with Crippen LogP contribution in [0.4, 0.5) is 0 Å². The number of nitrogens with one attached hydrogen (secondary N) is 1. The van der Waals surface area contributed by atoms with Gasteiger partial charge in [-0.15, -0.1) is 0 Å². The molecule has 2 N–H and O–H groups in total. The fraction of sp³-hybridized carbons (Fsp3) is 1.00. The smallest absolute Gasteiger partial charge is 0.0628 e. The number of likely N-dealkylation sites (N-methyl/N-ethyl adjacent to an activating group) is 1. The summed E-state index contributed by atoms with van der Waals surface area (Å²) in [4.78, 5) is 2.46. The minimum atomic E-state index is -0.0830. The molecule has 0 bridgehead atoms. The lowest BCUT2D eigenvalue weighted by molar-refractivity contribution is -0.0235. The zero-order chi connectivity index (χ0) is 12.3. The van der Waals surface area contributed by atoms with E-state index in [-0.39, 0.29) is 12.1 Å². The van der Waals surface area contributed by atoms with Crippen molar-refractivity contribution < 1.29 is 9.84 Å². The molecule has 0 spiro atoms. The molecule has 17 heavy (non-hydrogen) atoms. The van der Waals surface area contributed by atoms with Gasteiger partial charge in [0, 0.05) is 19.1 Å². The highest BCUT2D eigenvalue weighted by Crippen LogP contribution is 2.40. The Hall–Kier alpha value is -0.160. The Bertz CT molecular complexity index is 246. The minimum absolute atomic E-state index is 0.0830. The van der Waals surface area contributed by atoms with Crippen LogP contribution >= 0.6 is 0 Å². The number of aliphatic hydroxyl groups excluding tert-OH is 1. The molecule has 2 unspecified atom stereocenters. The van der Waals surface area contributed by atoms with Crippen LogP contribution in [-0.2, 0) is 4.74 Å². The number of hydrogen-bond acceptors (Lipinski definition) is 4. The maximum atomic E-state index is 9.81. The molecule has 0 radical (unpaired) electrons. The maximum Gasteiger partial charge on any atom is 0.0628 e. The molecule has 0 aromatic rings. The molecule has 1 saturated heterocycles. The van der Waals surface area contributed by atoms with Crippen molar-refractivity contribution in [2.75, 3.05) is 39.5 Å². The van der Waals surface area contributed by atoms with Crippen molar-refractivity contribution >= 4 is 0 Å². The number of morpholine rings is 1. The molecule has 100 valence electrons. The predicted molar refractivity (Wildman–Crippen MR) is 68.1 cm³/mol. The van der Waals surface area contributed by atoms with E-state index >= 15 is 0 Å². The molecular formula is C13H26N2O2. The van der Waals surface area contributed by atoms with Gasteiger partial charge in [0.1, 0.15) is 0 Å². The SMILES string of the molecule is CCNC(CO)(CN1CCOCC1C)C1CC1. The highest BCUT2D eigenvalue weighted by atomic mass is 16.5. The lowest BCUT2D eigenvalue weighted by atomic mass is 9.92. The second-order valence-corrected chi connectivity index (χ2v) is 5.51. The Morgan fingerprint density at radius 1 is 1.47 bits per heavy atom. The summed E-state index contributed by atoms with van der Waals surface area (Å²) in [7, 11) is 0. The van der Waals surface area contributed by atoms with Crippen LogP contribution < -0.4 is 5.32 Å². The van der Waals surface area contributed by atoms with Gasteiger partial charge in [-0.25, -0.2) is 0 Å². The number of rotatable bonds is 6. The molecule has 1 aliphatic heterocycles. The Labute approximate surface area is 104 Å². The summed E-state index contributed by atoms with van der Waals surface area (Å²) in [6.07, 6.45) is 2.51. The fourth-order valence-electron chi connectivity index (χ4n) is 2.91. The van der Waals surface area contributed by atoms with Gasteiger partial charge in [-0.1, -0.05) is 6.92 Å². The number of aliphatic hydroxyl groups is 1. The van der Waals surface area contributed by atoms with E-state index < -0.39 is 0 Å². The van der Waals surface area contributed by atoms with Crippen LogP contribution in [0.1, 0.15) is 26.7 Å². The Balaban J connectivity index is 2.00. The van der Waals surface area contributed by atoms with E-state index in [9.17, 15) is 5.11 Å². The number of nitrogens with zero attached hydrogens (tertiary/aromatic N) is 1. The van der Waals surface area contributed by atoms with Crippen molar-refractivity contribution in [2.45, 2.75) is 38.3 Å². The third kappa shape index (κ3) is 2.99. The van der Waals surface area contributed by atoms with E-state index in [4.69, 9.17) is 4.74 Å². The van der Waals surface area contributed by atoms with Crippen LogP contribution in [0.3, 0.4) is 0 Å². The molecular weight excluding hydrogens is 216 g/mol. The van der Waals surface area contributed by atoms with Gasteiger partial charge in [0.25, 0.3) is 0 Å². The van der Waals surface area contributed by atoms with Crippen LogP contribution in [0.2, 0.25) is 0 Å². The minimum Gasteiger partial charge on any atom is -0.394 e. The average Bonchev–Trinajstić information content (AvgIpc) is 3.15. The van der Waals surface area contributed by atoms with Gasteiger partial charge < -0.3 is 15.2 Å². The average molecular weight is 242 g/mol. The molecule has 2 atom stereocenters.